The molecule has 0 atom stereocenters. The number of carbonyl (C=O) groups is 1. The van der Waals surface area contributed by atoms with Gasteiger partial charge in [-0.2, -0.15) is 0 Å². The summed E-state index contributed by atoms with van der Waals surface area (Å²) in [6.45, 7) is 11.3. The first-order valence-electron chi connectivity index (χ1n) is 9.99. The van der Waals surface area contributed by atoms with Crippen LogP contribution < -0.4 is 10.1 Å². The van der Waals surface area contributed by atoms with Crippen LogP contribution in [0.5, 0.6) is 5.75 Å². The Labute approximate surface area is 173 Å². The third kappa shape index (κ3) is 5.08. The van der Waals surface area contributed by atoms with Gasteiger partial charge in [-0.25, -0.2) is 0 Å². The van der Waals surface area contributed by atoms with E-state index in [4.69, 9.17) is 4.74 Å². The van der Waals surface area contributed by atoms with Gasteiger partial charge in [-0.1, -0.05) is 30.3 Å². The van der Waals surface area contributed by atoms with Crippen LogP contribution in [0.1, 0.15) is 48.1 Å². The molecule has 4 heteroatoms. The Morgan fingerprint density at radius 2 is 1.66 bits per heavy atom. The minimum Gasteiger partial charge on any atom is -0.489 e. The average molecular weight is 391 g/mol. The van der Waals surface area contributed by atoms with Crippen LogP contribution in [-0.2, 0) is 12.1 Å². The van der Waals surface area contributed by atoms with Crippen molar-refractivity contribution in [2.45, 2.75) is 46.8 Å². The smallest absolute Gasteiger partial charge is 0.183 e. The zero-order valence-corrected chi connectivity index (χ0v) is 18.0. The molecule has 0 aliphatic carbocycles. The van der Waals surface area contributed by atoms with Gasteiger partial charge >= 0.3 is 0 Å². The number of ketones is 1. The topological polar surface area (TPSA) is 43.3 Å². The molecule has 2 aromatic carbocycles. The van der Waals surface area contributed by atoms with Gasteiger partial charge in [-0.15, -0.1) is 0 Å². The SMILES string of the molecule is Cc1cc(C(=O)CNc2ccc(OCc3ccccc3)cc2)c(C)n1C(C)(C)C. The number of ether oxygens (including phenoxy) is 1. The summed E-state index contributed by atoms with van der Waals surface area (Å²) >= 11 is 0. The molecule has 0 bridgehead atoms. The standard InChI is InChI=1S/C25H30N2O2/c1-18-15-23(19(2)27(18)25(3,4)5)24(28)16-26-21-11-13-22(14-12-21)29-17-20-9-7-6-8-10-20/h6-15,26H,16-17H2,1-5H3. The first-order valence-corrected chi connectivity index (χ1v) is 9.99. The Morgan fingerprint density at radius 3 is 2.24 bits per heavy atom. The second kappa shape index (κ2) is 8.56. The van der Waals surface area contributed by atoms with Crippen molar-refractivity contribution in [3.8, 4) is 5.75 Å². The molecule has 0 amide bonds. The Hall–Kier alpha value is -3.01. The van der Waals surface area contributed by atoms with E-state index in [1.54, 1.807) is 0 Å². The molecular weight excluding hydrogens is 360 g/mol. The summed E-state index contributed by atoms with van der Waals surface area (Å²) in [6, 6.07) is 19.8. The van der Waals surface area contributed by atoms with Gasteiger partial charge in [-0.3, -0.25) is 4.79 Å². The lowest BCUT2D eigenvalue weighted by Gasteiger charge is -2.25. The predicted molar refractivity (Wildman–Crippen MR) is 119 cm³/mol. The summed E-state index contributed by atoms with van der Waals surface area (Å²) < 4.78 is 8.03. The van der Waals surface area contributed by atoms with Gasteiger partial charge in [0.1, 0.15) is 12.4 Å². The minimum atomic E-state index is -0.0459. The third-order valence-corrected chi connectivity index (χ3v) is 4.96. The molecule has 1 heterocycles. The largest absolute Gasteiger partial charge is 0.489 e. The van der Waals surface area contributed by atoms with Crippen molar-refractivity contribution < 1.29 is 9.53 Å². The zero-order chi connectivity index (χ0) is 21.0. The van der Waals surface area contributed by atoms with Gasteiger partial charge in [0.2, 0.25) is 0 Å². The van der Waals surface area contributed by atoms with E-state index >= 15 is 0 Å². The molecule has 0 unspecified atom stereocenters. The Kier molecular flexibility index (Phi) is 6.12. The number of benzene rings is 2. The molecule has 0 aliphatic heterocycles. The van der Waals surface area contributed by atoms with E-state index in [9.17, 15) is 4.79 Å². The molecule has 4 nitrogen and oxygen atoms in total. The highest BCUT2D eigenvalue weighted by Gasteiger charge is 2.22. The number of rotatable bonds is 7. The minimum absolute atomic E-state index is 0.0459. The lowest BCUT2D eigenvalue weighted by molar-refractivity contribution is 0.100. The summed E-state index contributed by atoms with van der Waals surface area (Å²) in [5, 5.41) is 3.22. The van der Waals surface area contributed by atoms with Crippen molar-refractivity contribution in [1.82, 2.24) is 4.57 Å². The summed E-state index contributed by atoms with van der Waals surface area (Å²) in [5.41, 5.74) is 4.90. The predicted octanol–water partition coefficient (Wildman–Crippen LogP) is 5.73. The summed E-state index contributed by atoms with van der Waals surface area (Å²) in [5.74, 6) is 0.900. The summed E-state index contributed by atoms with van der Waals surface area (Å²) in [7, 11) is 0. The van der Waals surface area contributed by atoms with E-state index in [2.05, 4.69) is 37.6 Å². The highest BCUT2D eigenvalue weighted by Crippen LogP contribution is 2.25. The maximum Gasteiger partial charge on any atom is 0.183 e. The molecular formula is C25H30N2O2. The first kappa shape index (κ1) is 20.7. The highest BCUT2D eigenvalue weighted by atomic mass is 16.5. The average Bonchev–Trinajstić information content (AvgIpc) is 3.00. The number of Topliss-reactive ketones (excluding diaryl/α,β-unsaturated/α-hetero) is 1. The van der Waals surface area contributed by atoms with Gasteiger partial charge in [0.15, 0.2) is 5.78 Å². The molecule has 0 aliphatic rings. The van der Waals surface area contributed by atoms with Crippen LogP contribution in [0.15, 0.2) is 60.7 Å². The van der Waals surface area contributed by atoms with Crippen LogP contribution in [-0.4, -0.2) is 16.9 Å². The number of nitrogens with one attached hydrogen (secondary N) is 1. The molecule has 152 valence electrons. The number of carbonyl (C=O) groups excluding carboxylic acids is 1. The van der Waals surface area contributed by atoms with Crippen molar-refractivity contribution in [2.75, 3.05) is 11.9 Å². The van der Waals surface area contributed by atoms with Gasteiger partial charge in [0, 0.05) is 28.2 Å². The number of hydrogen-bond donors (Lipinski definition) is 1. The van der Waals surface area contributed by atoms with Crippen LogP contribution in [0.4, 0.5) is 5.69 Å². The Bertz CT molecular complexity index is 965. The third-order valence-electron chi connectivity index (χ3n) is 4.96. The molecule has 0 saturated carbocycles. The molecule has 1 aromatic heterocycles. The first-order chi connectivity index (χ1) is 13.8. The molecule has 0 saturated heterocycles. The van der Waals surface area contributed by atoms with E-state index in [1.807, 2.05) is 67.6 Å². The second-order valence-electron chi connectivity index (χ2n) is 8.37. The van der Waals surface area contributed by atoms with Crippen molar-refractivity contribution in [3.05, 3.63) is 83.2 Å². The Balaban J connectivity index is 1.58. The quantitative estimate of drug-likeness (QED) is 0.524. The van der Waals surface area contributed by atoms with Crippen LogP contribution in [0.2, 0.25) is 0 Å². The number of aromatic nitrogens is 1. The van der Waals surface area contributed by atoms with Crippen molar-refractivity contribution >= 4 is 11.5 Å². The lowest BCUT2D eigenvalue weighted by atomic mass is 10.1. The van der Waals surface area contributed by atoms with E-state index in [0.29, 0.717) is 6.61 Å². The maximum atomic E-state index is 12.8. The fourth-order valence-corrected chi connectivity index (χ4v) is 3.76. The van der Waals surface area contributed by atoms with Crippen LogP contribution in [0, 0.1) is 13.8 Å². The fraction of sp³-hybridized carbons (Fsp3) is 0.320. The normalized spacial score (nSPS) is 11.3. The summed E-state index contributed by atoms with van der Waals surface area (Å²) in [4.78, 5) is 12.8. The molecule has 3 aromatic rings. The van der Waals surface area contributed by atoms with Crippen molar-refractivity contribution in [3.63, 3.8) is 0 Å². The maximum absolute atomic E-state index is 12.8. The van der Waals surface area contributed by atoms with Crippen LogP contribution in [0.25, 0.3) is 0 Å². The molecule has 3 rings (SSSR count). The number of nitrogens with zero attached hydrogens (tertiary/aromatic N) is 1. The molecule has 29 heavy (non-hydrogen) atoms. The van der Waals surface area contributed by atoms with Crippen LogP contribution in [0.3, 0.4) is 0 Å². The van der Waals surface area contributed by atoms with E-state index in [0.717, 1.165) is 34.0 Å². The van der Waals surface area contributed by atoms with Crippen molar-refractivity contribution in [1.29, 1.82) is 0 Å². The van der Waals surface area contributed by atoms with Gasteiger partial charge < -0.3 is 14.6 Å². The van der Waals surface area contributed by atoms with Gasteiger partial charge in [-0.05, 0) is 70.5 Å². The monoisotopic (exact) mass is 390 g/mol. The van der Waals surface area contributed by atoms with Gasteiger partial charge in [0.05, 0.1) is 6.54 Å². The Morgan fingerprint density at radius 1 is 1.00 bits per heavy atom. The summed E-state index contributed by atoms with van der Waals surface area (Å²) in [6.07, 6.45) is 0. The number of anilines is 1. The lowest BCUT2D eigenvalue weighted by Crippen LogP contribution is -2.24. The second-order valence-corrected chi connectivity index (χ2v) is 8.37. The van der Waals surface area contributed by atoms with E-state index < -0.39 is 0 Å². The van der Waals surface area contributed by atoms with Gasteiger partial charge in [0.25, 0.3) is 0 Å². The van der Waals surface area contributed by atoms with E-state index in [-0.39, 0.29) is 17.9 Å². The molecule has 0 spiro atoms. The van der Waals surface area contributed by atoms with Crippen molar-refractivity contribution in [2.24, 2.45) is 0 Å². The molecule has 1 N–H and O–H groups in total. The highest BCUT2D eigenvalue weighted by molar-refractivity contribution is 6.00. The molecule has 0 radical (unpaired) electrons. The van der Waals surface area contributed by atoms with Crippen LogP contribution >= 0.6 is 0 Å². The number of aryl methyl sites for hydroxylation is 1. The fourth-order valence-electron chi connectivity index (χ4n) is 3.76. The number of hydrogen-bond acceptors (Lipinski definition) is 3. The molecule has 0 fully saturated rings. The zero-order valence-electron chi connectivity index (χ0n) is 18.0. The van der Waals surface area contributed by atoms with E-state index in [1.165, 1.54) is 0 Å².